The summed E-state index contributed by atoms with van der Waals surface area (Å²) >= 11 is 0. The molecule has 1 aliphatic rings. The highest BCUT2D eigenvalue weighted by atomic mass is 16.5. The molecular formula is C12H26O. The van der Waals surface area contributed by atoms with E-state index in [4.69, 9.17) is 4.74 Å². The lowest BCUT2D eigenvalue weighted by Crippen LogP contribution is -2.10. The molecule has 1 aliphatic carbocycles. The Bertz CT molecular complexity index is 114. The Morgan fingerprint density at radius 1 is 1.15 bits per heavy atom. The molecule has 0 unspecified atom stereocenters. The molecule has 0 aromatic heterocycles. The van der Waals surface area contributed by atoms with Crippen molar-refractivity contribution in [2.75, 3.05) is 13.7 Å². The Morgan fingerprint density at radius 3 is 2.31 bits per heavy atom. The summed E-state index contributed by atoms with van der Waals surface area (Å²) in [6.45, 7) is 3.39. The van der Waals surface area contributed by atoms with Crippen LogP contribution < -0.4 is 0 Å². The minimum absolute atomic E-state index is 0. The molecule has 0 N–H and O–H groups in total. The van der Waals surface area contributed by atoms with Gasteiger partial charge < -0.3 is 4.74 Å². The summed E-state index contributed by atoms with van der Waals surface area (Å²) < 4.78 is 5.04. The van der Waals surface area contributed by atoms with E-state index in [1.54, 1.807) is 7.11 Å². The molecule has 0 aliphatic heterocycles. The molecule has 1 heteroatoms. The van der Waals surface area contributed by atoms with Crippen LogP contribution in [-0.4, -0.2) is 13.7 Å². The third kappa shape index (κ3) is 4.66. The van der Waals surface area contributed by atoms with Crippen LogP contribution >= 0.6 is 0 Å². The Morgan fingerprint density at radius 2 is 1.77 bits per heavy atom. The molecule has 0 heterocycles. The maximum atomic E-state index is 5.04. The largest absolute Gasteiger partial charge is 0.385 e. The molecule has 0 bridgehead atoms. The van der Waals surface area contributed by atoms with Crippen molar-refractivity contribution in [3.8, 4) is 0 Å². The molecule has 0 atom stereocenters. The molecule has 1 fully saturated rings. The predicted molar refractivity (Wildman–Crippen MR) is 59.0 cm³/mol. The first-order valence-electron chi connectivity index (χ1n) is 5.26. The van der Waals surface area contributed by atoms with Crippen LogP contribution in [-0.2, 0) is 4.74 Å². The van der Waals surface area contributed by atoms with Gasteiger partial charge in [0.15, 0.2) is 0 Å². The number of rotatable bonds is 5. The van der Waals surface area contributed by atoms with Gasteiger partial charge in [-0.2, -0.15) is 0 Å². The molecule has 1 nitrogen and oxygen atoms in total. The minimum Gasteiger partial charge on any atom is -0.385 e. The third-order valence-electron chi connectivity index (χ3n) is 3.19. The van der Waals surface area contributed by atoms with Gasteiger partial charge in [0.05, 0.1) is 0 Å². The second kappa shape index (κ2) is 6.42. The minimum atomic E-state index is 0. The van der Waals surface area contributed by atoms with E-state index in [0.29, 0.717) is 5.41 Å². The molecule has 1 rings (SSSR count). The summed E-state index contributed by atoms with van der Waals surface area (Å²) in [4.78, 5) is 0. The Balaban J connectivity index is 0.00000144. The van der Waals surface area contributed by atoms with E-state index in [0.717, 1.165) is 6.61 Å². The molecule has 0 radical (unpaired) electrons. The van der Waals surface area contributed by atoms with Crippen LogP contribution in [0.5, 0.6) is 0 Å². The standard InChI is InChI=1S/C11H22O.CH4/c1-11(7-3-4-8-11)9-5-6-10-12-2;/h3-10H2,1-2H3;1H4. The molecular weight excluding hydrogens is 160 g/mol. The van der Waals surface area contributed by atoms with E-state index in [1.165, 1.54) is 44.9 Å². The van der Waals surface area contributed by atoms with Crippen molar-refractivity contribution in [3.63, 3.8) is 0 Å². The van der Waals surface area contributed by atoms with Gasteiger partial charge in [0, 0.05) is 13.7 Å². The van der Waals surface area contributed by atoms with Crippen molar-refractivity contribution >= 4 is 0 Å². The highest BCUT2D eigenvalue weighted by Crippen LogP contribution is 2.41. The number of ether oxygens (including phenoxy) is 1. The summed E-state index contributed by atoms with van der Waals surface area (Å²) in [6.07, 6.45) is 9.84. The van der Waals surface area contributed by atoms with Gasteiger partial charge >= 0.3 is 0 Å². The van der Waals surface area contributed by atoms with Gasteiger partial charge in [-0.1, -0.05) is 33.6 Å². The fourth-order valence-corrected chi connectivity index (χ4v) is 2.28. The van der Waals surface area contributed by atoms with E-state index in [1.807, 2.05) is 0 Å². The van der Waals surface area contributed by atoms with Gasteiger partial charge in [-0.05, 0) is 31.1 Å². The van der Waals surface area contributed by atoms with Gasteiger partial charge in [0.25, 0.3) is 0 Å². The Hall–Kier alpha value is -0.0400. The Kier molecular flexibility index (Phi) is 6.40. The van der Waals surface area contributed by atoms with Crippen LogP contribution in [0.15, 0.2) is 0 Å². The van der Waals surface area contributed by atoms with Crippen molar-refractivity contribution < 1.29 is 4.74 Å². The molecule has 13 heavy (non-hydrogen) atoms. The second-order valence-corrected chi connectivity index (χ2v) is 4.47. The highest BCUT2D eigenvalue weighted by molar-refractivity contribution is 4.79. The lowest BCUT2D eigenvalue weighted by molar-refractivity contribution is 0.184. The lowest BCUT2D eigenvalue weighted by atomic mass is 9.83. The summed E-state index contributed by atoms with van der Waals surface area (Å²) in [5.74, 6) is 0. The van der Waals surface area contributed by atoms with Crippen LogP contribution in [0.25, 0.3) is 0 Å². The summed E-state index contributed by atoms with van der Waals surface area (Å²) in [7, 11) is 1.79. The van der Waals surface area contributed by atoms with Gasteiger partial charge in [-0.25, -0.2) is 0 Å². The average molecular weight is 186 g/mol. The van der Waals surface area contributed by atoms with Crippen molar-refractivity contribution in [2.24, 2.45) is 5.41 Å². The number of hydrogen-bond donors (Lipinski definition) is 0. The molecule has 0 aromatic carbocycles. The monoisotopic (exact) mass is 186 g/mol. The lowest BCUT2D eigenvalue weighted by Gasteiger charge is -2.22. The van der Waals surface area contributed by atoms with Crippen LogP contribution in [0.2, 0.25) is 0 Å². The van der Waals surface area contributed by atoms with E-state index in [9.17, 15) is 0 Å². The van der Waals surface area contributed by atoms with E-state index < -0.39 is 0 Å². The fourth-order valence-electron chi connectivity index (χ4n) is 2.28. The first-order chi connectivity index (χ1) is 5.77. The molecule has 0 aromatic rings. The zero-order valence-electron chi connectivity index (χ0n) is 8.57. The summed E-state index contributed by atoms with van der Waals surface area (Å²) in [6, 6.07) is 0. The fraction of sp³-hybridized carbons (Fsp3) is 1.00. The highest BCUT2D eigenvalue weighted by Gasteiger charge is 2.27. The molecule has 80 valence electrons. The maximum Gasteiger partial charge on any atom is 0.0462 e. The average Bonchev–Trinajstić information content (AvgIpc) is 2.47. The Labute approximate surface area is 83.9 Å². The number of unbranched alkanes of at least 4 members (excludes halogenated alkanes) is 1. The normalized spacial score (nSPS) is 19.8. The van der Waals surface area contributed by atoms with Crippen LogP contribution in [0.3, 0.4) is 0 Å². The van der Waals surface area contributed by atoms with Gasteiger partial charge in [-0.15, -0.1) is 0 Å². The predicted octanol–water partition coefficient (Wildman–Crippen LogP) is 4.02. The van der Waals surface area contributed by atoms with Gasteiger partial charge in [-0.3, -0.25) is 0 Å². The second-order valence-electron chi connectivity index (χ2n) is 4.47. The van der Waals surface area contributed by atoms with Gasteiger partial charge in [0.2, 0.25) is 0 Å². The topological polar surface area (TPSA) is 9.23 Å². The number of hydrogen-bond acceptors (Lipinski definition) is 1. The van der Waals surface area contributed by atoms with Crippen molar-refractivity contribution in [1.82, 2.24) is 0 Å². The van der Waals surface area contributed by atoms with Gasteiger partial charge in [0.1, 0.15) is 0 Å². The van der Waals surface area contributed by atoms with Crippen molar-refractivity contribution in [2.45, 2.75) is 59.3 Å². The van der Waals surface area contributed by atoms with Crippen LogP contribution in [0.4, 0.5) is 0 Å². The first kappa shape index (κ1) is 13.0. The molecule has 0 saturated heterocycles. The van der Waals surface area contributed by atoms with Crippen LogP contribution in [0.1, 0.15) is 59.3 Å². The van der Waals surface area contributed by atoms with Crippen molar-refractivity contribution in [1.29, 1.82) is 0 Å². The van der Waals surface area contributed by atoms with E-state index >= 15 is 0 Å². The first-order valence-corrected chi connectivity index (χ1v) is 5.26. The summed E-state index contributed by atoms with van der Waals surface area (Å²) in [5.41, 5.74) is 0.688. The SMILES string of the molecule is C.COCCCCC1(C)CCCC1. The molecule has 0 spiro atoms. The quantitative estimate of drug-likeness (QED) is 0.589. The van der Waals surface area contributed by atoms with E-state index in [2.05, 4.69) is 6.92 Å². The van der Waals surface area contributed by atoms with Crippen LogP contribution in [0, 0.1) is 5.41 Å². The maximum absolute atomic E-state index is 5.04. The smallest absolute Gasteiger partial charge is 0.0462 e. The number of methoxy groups -OCH3 is 1. The third-order valence-corrected chi connectivity index (χ3v) is 3.19. The summed E-state index contributed by atoms with van der Waals surface area (Å²) in [5, 5.41) is 0. The zero-order chi connectivity index (χ0) is 8.86. The molecule has 1 saturated carbocycles. The zero-order valence-corrected chi connectivity index (χ0v) is 8.57. The van der Waals surface area contributed by atoms with Crippen molar-refractivity contribution in [3.05, 3.63) is 0 Å². The van der Waals surface area contributed by atoms with E-state index in [-0.39, 0.29) is 7.43 Å². The molecule has 0 amide bonds.